The number of thiophene rings is 1. The zero-order valence-corrected chi connectivity index (χ0v) is 13.7. The summed E-state index contributed by atoms with van der Waals surface area (Å²) in [7, 11) is 3.53. The van der Waals surface area contributed by atoms with Gasteiger partial charge < -0.3 is 14.6 Å². The molecule has 0 fully saturated rings. The van der Waals surface area contributed by atoms with E-state index in [0.717, 1.165) is 11.4 Å². The van der Waals surface area contributed by atoms with E-state index in [4.69, 9.17) is 4.74 Å². The largest absolute Gasteiger partial charge is 0.496 e. The minimum Gasteiger partial charge on any atom is -0.496 e. The Labute approximate surface area is 138 Å². The van der Waals surface area contributed by atoms with Gasteiger partial charge in [0.25, 0.3) is 5.91 Å². The van der Waals surface area contributed by atoms with Crippen LogP contribution in [-0.2, 0) is 7.05 Å². The molecule has 0 radical (unpaired) electrons. The molecular formula is C17H17N3O2S. The molecule has 1 N–H and O–H groups in total. The lowest BCUT2D eigenvalue weighted by Gasteiger charge is -2.21. The summed E-state index contributed by atoms with van der Waals surface area (Å²) in [4.78, 5) is 17.6. The number of methoxy groups -OCH3 is 1. The van der Waals surface area contributed by atoms with Gasteiger partial charge in [0, 0.05) is 25.0 Å². The predicted molar refractivity (Wildman–Crippen MR) is 89.8 cm³/mol. The highest BCUT2D eigenvalue weighted by Crippen LogP contribution is 2.29. The summed E-state index contributed by atoms with van der Waals surface area (Å²) in [6.07, 6.45) is 3.57. The third kappa shape index (κ3) is 3.12. The van der Waals surface area contributed by atoms with Gasteiger partial charge in [-0.3, -0.25) is 4.79 Å². The quantitative estimate of drug-likeness (QED) is 0.784. The third-order valence-electron chi connectivity index (χ3n) is 3.59. The van der Waals surface area contributed by atoms with E-state index in [-0.39, 0.29) is 11.9 Å². The van der Waals surface area contributed by atoms with Gasteiger partial charge in [0.15, 0.2) is 0 Å². The van der Waals surface area contributed by atoms with E-state index >= 15 is 0 Å². The first-order valence-electron chi connectivity index (χ1n) is 7.15. The van der Waals surface area contributed by atoms with E-state index in [0.29, 0.717) is 10.6 Å². The molecule has 3 rings (SSSR count). The minimum absolute atomic E-state index is 0.126. The number of ether oxygens (including phenoxy) is 1. The van der Waals surface area contributed by atoms with Crippen LogP contribution in [0.1, 0.15) is 27.1 Å². The molecule has 1 aromatic carbocycles. The number of amides is 1. The van der Waals surface area contributed by atoms with Crippen LogP contribution in [0.5, 0.6) is 5.75 Å². The van der Waals surface area contributed by atoms with Gasteiger partial charge >= 0.3 is 0 Å². The number of aromatic nitrogens is 2. The zero-order valence-electron chi connectivity index (χ0n) is 12.9. The van der Waals surface area contributed by atoms with Gasteiger partial charge in [0.1, 0.15) is 17.6 Å². The molecule has 118 valence electrons. The first kappa shape index (κ1) is 15.3. The van der Waals surface area contributed by atoms with Crippen LogP contribution in [0.4, 0.5) is 0 Å². The lowest BCUT2D eigenvalue weighted by molar-refractivity contribution is 0.0945. The van der Waals surface area contributed by atoms with Crippen LogP contribution in [0.2, 0.25) is 0 Å². The van der Waals surface area contributed by atoms with E-state index in [1.165, 1.54) is 11.3 Å². The Hall–Kier alpha value is -2.60. The van der Waals surface area contributed by atoms with Crippen LogP contribution in [-0.4, -0.2) is 22.6 Å². The molecule has 2 heterocycles. The van der Waals surface area contributed by atoms with Crippen molar-refractivity contribution in [3.05, 3.63) is 70.4 Å². The molecule has 1 atom stereocenters. The number of carbonyl (C=O) groups excluding carboxylic acids is 1. The average Bonchev–Trinajstić information content (AvgIpc) is 3.24. The summed E-state index contributed by atoms with van der Waals surface area (Å²) in [6, 6.07) is 10.9. The molecule has 0 bridgehead atoms. The Morgan fingerprint density at radius 2 is 2.13 bits per heavy atom. The van der Waals surface area contributed by atoms with Crippen molar-refractivity contribution in [3.63, 3.8) is 0 Å². The summed E-state index contributed by atoms with van der Waals surface area (Å²) >= 11 is 1.41. The fourth-order valence-corrected chi connectivity index (χ4v) is 3.08. The van der Waals surface area contributed by atoms with Gasteiger partial charge in [-0.1, -0.05) is 24.3 Å². The van der Waals surface area contributed by atoms with Gasteiger partial charge in [0.05, 0.1) is 12.0 Å². The van der Waals surface area contributed by atoms with Crippen LogP contribution >= 0.6 is 11.3 Å². The molecule has 2 aromatic heterocycles. The highest BCUT2D eigenvalue weighted by molar-refractivity contribution is 7.12. The number of para-hydroxylation sites is 1. The molecule has 0 unspecified atom stereocenters. The van der Waals surface area contributed by atoms with E-state index in [1.54, 1.807) is 19.4 Å². The number of imidazole rings is 1. The van der Waals surface area contributed by atoms with Crippen molar-refractivity contribution in [2.75, 3.05) is 7.11 Å². The fourth-order valence-electron chi connectivity index (χ4n) is 2.45. The smallest absolute Gasteiger partial charge is 0.262 e. The van der Waals surface area contributed by atoms with E-state index in [2.05, 4.69) is 10.3 Å². The monoisotopic (exact) mass is 327 g/mol. The molecule has 23 heavy (non-hydrogen) atoms. The Morgan fingerprint density at radius 1 is 1.30 bits per heavy atom. The third-order valence-corrected chi connectivity index (χ3v) is 4.46. The van der Waals surface area contributed by atoms with Crippen molar-refractivity contribution in [3.8, 4) is 5.75 Å². The maximum absolute atomic E-state index is 12.5. The number of rotatable bonds is 5. The zero-order chi connectivity index (χ0) is 16.2. The number of nitrogens with one attached hydrogen (secondary N) is 1. The molecule has 0 saturated carbocycles. The van der Waals surface area contributed by atoms with Gasteiger partial charge in [-0.25, -0.2) is 4.98 Å². The van der Waals surface area contributed by atoms with E-state index < -0.39 is 0 Å². The standard InChI is InChI=1S/C17H17N3O2S/c1-20-10-9-18-16(20)15(12-6-3-4-7-13(12)22-2)19-17(21)14-8-5-11-23-14/h3-11,15H,1-2H3,(H,19,21)/t15-/m1/s1. The van der Waals surface area contributed by atoms with Crippen molar-refractivity contribution in [1.29, 1.82) is 0 Å². The van der Waals surface area contributed by atoms with Crippen molar-refractivity contribution < 1.29 is 9.53 Å². The van der Waals surface area contributed by atoms with Crippen LogP contribution in [0.15, 0.2) is 54.2 Å². The normalized spacial score (nSPS) is 11.9. The molecule has 1 amide bonds. The first-order valence-corrected chi connectivity index (χ1v) is 8.03. The molecule has 0 aliphatic rings. The number of aryl methyl sites for hydroxylation is 1. The van der Waals surface area contributed by atoms with E-state index in [1.807, 2.05) is 53.5 Å². The molecule has 0 aliphatic carbocycles. The van der Waals surface area contributed by atoms with E-state index in [9.17, 15) is 4.79 Å². The van der Waals surface area contributed by atoms with Gasteiger partial charge in [0.2, 0.25) is 0 Å². The summed E-state index contributed by atoms with van der Waals surface area (Å²) in [5.74, 6) is 1.34. The summed E-state index contributed by atoms with van der Waals surface area (Å²) in [5, 5.41) is 4.94. The number of hydrogen-bond acceptors (Lipinski definition) is 4. The minimum atomic E-state index is -0.388. The molecule has 5 nitrogen and oxygen atoms in total. The van der Waals surface area contributed by atoms with Gasteiger partial charge in [-0.15, -0.1) is 11.3 Å². The summed E-state index contributed by atoms with van der Waals surface area (Å²) in [6.45, 7) is 0. The highest BCUT2D eigenvalue weighted by atomic mass is 32.1. The van der Waals surface area contributed by atoms with Crippen LogP contribution < -0.4 is 10.1 Å². The Morgan fingerprint density at radius 3 is 2.78 bits per heavy atom. The SMILES string of the molecule is COc1ccccc1[C@@H](NC(=O)c1cccs1)c1nccn1C. The van der Waals surface area contributed by atoms with Crippen molar-refractivity contribution in [1.82, 2.24) is 14.9 Å². The van der Waals surface area contributed by atoms with Crippen molar-refractivity contribution in [2.24, 2.45) is 7.05 Å². The summed E-state index contributed by atoms with van der Waals surface area (Å²) in [5.41, 5.74) is 0.870. The molecule has 6 heteroatoms. The maximum atomic E-state index is 12.5. The maximum Gasteiger partial charge on any atom is 0.262 e. The Balaban J connectivity index is 2.01. The first-order chi connectivity index (χ1) is 11.2. The molecular weight excluding hydrogens is 310 g/mol. The van der Waals surface area contributed by atoms with Gasteiger partial charge in [-0.2, -0.15) is 0 Å². The molecule has 3 aromatic rings. The topological polar surface area (TPSA) is 56.1 Å². The number of benzene rings is 1. The Kier molecular flexibility index (Phi) is 4.43. The van der Waals surface area contributed by atoms with Crippen LogP contribution in [0, 0.1) is 0 Å². The number of nitrogens with zero attached hydrogens (tertiary/aromatic N) is 2. The highest BCUT2D eigenvalue weighted by Gasteiger charge is 2.24. The average molecular weight is 327 g/mol. The van der Waals surface area contributed by atoms with Gasteiger partial charge in [-0.05, 0) is 17.5 Å². The fraction of sp³-hybridized carbons (Fsp3) is 0.176. The second-order valence-electron chi connectivity index (χ2n) is 5.02. The molecule has 0 saturated heterocycles. The van der Waals surface area contributed by atoms with Crippen molar-refractivity contribution >= 4 is 17.2 Å². The predicted octanol–water partition coefficient (Wildman–Crippen LogP) is 3.01. The number of carbonyl (C=O) groups is 1. The van der Waals surface area contributed by atoms with Crippen LogP contribution in [0.25, 0.3) is 0 Å². The molecule has 0 spiro atoms. The summed E-state index contributed by atoms with van der Waals surface area (Å²) < 4.78 is 7.35. The number of hydrogen-bond donors (Lipinski definition) is 1. The van der Waals surface area contributed by atoms with Crippen LogP contribution in [0.3, 0.4) is 0 Å². The lowest BCUT2D eigenvalue weighted by Crippen LogP contribution is -2.30. The second-order valence-corrected chi connectivity index (χ2v) is 5.97. The second kappa shape index (κ2) is 6.66. The Bertz CT molecular complexity index is 796. The van der Waals surface area contributed by atoms with Crippen molar-refractivity contribution in [2.45, 2.75) is 6.04 Å². The molecule has 0 aliphatic heterocycles. The lowest BCUT2D eigenvalue weighted by atomic mass is 10.0.